The zero-order valence-electron chi connectivity index (χ0n) is 20.4. The topological polar surface area (TPSA) is 105 Å². The minimum absolute atomic E-state index is 0.209. The van der Waals surface area contributed by atoms with Crippen molar-refractivity contribution in [3.8, 4) is 16.5 Å². The summed E-state index contributed by atoms with van der Waals surface area (Å²) in [6.07, 6.45) is 12.5. The van der Waals surface area contributed by atoms with Crippen LogP contribution in [0.15, 0.2) is 36.9 Å². The number of amides is 1. The lowest BCUT2D eigenvalue weighted by Crippen LogP contribution is -2.32. The summed E-state index contributed by atoms with van der Waals surface area (Å²) in [6.45, 7) is 5.56. The lowest BCUT2D eigenvalue weighted by Gasteiger charge is -2.22. The predicted octanol–water partition coefficient (Wildman–Crippen LogP) is 4.57. The van der Waals surface area contributed by atoms with E-state index in [-0.39, 0.29) is 11.9 Å². The third kappa shape index (κ3) is 6.71. The van der Waals surface area contributed by atoms with Gasteiger partial charge < -0.3 is 19.7 Å². The van der Waals surface area contributed by atoms with Crippen molar-refractivity contribution in [2.75, 3.05) is 31.0 Å². The van der Waals surface area contributed by atoms with Crippen LogP contribution in [-0.4, -0.2) is 62.2 Å². The summed E-state index contributed by atoms with van der Waals surface area (Å²) < 4.78 is 8.89. The number of pyridine rings is 1. The highest BCUT2D eigenvalue weighted by atomic mass is 32.2. The molecule has 36 heavy (non-hydrogen) atoms. The zero-order valence-corrected chi connectivity index (χ0v) is 22.0. The van der Waals surface area contributed by atoms with Crippen molar-refractivity contribution >= 4 is 34.9 Å². The van der Waals surface area contributed by atoms with Gasteiger partial charge in [-0.15, -0.1) is 11.3 Å². The molecule has 0 bridgehead atoms. The monoisotopic (exact) mass is 525 g/mol. The van der Waals surface area contributed by atoms with Gasteiger partial charge in [0.1, 0.15) is 5.69 Å². The average molecular weight is 526 g/mol. The highest BCUT2D eigenvalue weighted by molar-refractivity contribution is 8.01. The summed E-state index contributed by atoms with van der Waals surface area (Å²) >= 11 is 3.06. The Kier molecular flexibility index (Phi) is 8.29. The highest BCUT2D eigenvalue weighted by Gasteiger charge is 2.24. The summed E-state index contributed by atoms with van der Waals surface area (Å²) in [5.41, 5.74) is 2.51. The van der Waals surface area contributed by atoms with Crippen molar-refractivity contribution in [1.29, 1.82) is 0 Å². The number of rotatable bonds is 12. The predicted molar refractivity (Wildman–Crippen MR) is 143 cm³/mol. The van der Waals surface area contributed by atoms with Crippen molar-refractivity contribution in [2.24, 2.45) is 0 Å². The number of aromatic nitrogens is 4. The molecule has 0 radical (unpaired) electrons. The largest absolute Gasteiger partial charge is 0.477 e. The van der Waals surface area contributed by atoms with Crippen molar-refractivity contribution < 1.29 is 9.53 Å². The van der Waals surface area contributed by atoms with Crippen LogP contribution >= 0.6 is 23.3 Å². The van der Waals surface area contributed by atoms with Gasteiger partial charge in [0.25, 0.3) is 5.91 Å². The molecular formula is C25H31N7O2S2. The maximum absolute atomic E-state index is 13.3. The number of carbonyl (C=O) groups excluding carboxylic acids is 1. The highest BCUT2D eigenvalue weighted by Crippen LogP contribution is 2.34. The fraction of sp³-hybridized carbons (Fsp3) is 0.480. The summed E-state index contributed by atoms with van der Waals surface area (Å²) in [5.74, 6) is 0.245. The molecular weight excluding hydrogens is 494 g/mol. The van der Waals surface area contributed by atoms with Crippen molar-refractivity contribution in [1.82, 2.24) is 30.2 Å². The van der Waals surface area contributed by atoms with Crippen LogP contribution in [0, 0.1) is 0 Å². The minimum atomic E-state index is -0.209. The molecule has 11 heteroatoms. The molecule has 1 aliphatic heterocycles. The van der Waals surface area contributed by atoms with Crippen molar-refractivity contribution in [3.63, 3.8) is 0 Å². The average Bonchev–Trinajstić information content (AvgIpc) is 3.35. The van der Waals surface area contributed by atoms with E-state index in [0.717, 1.165) is 42.3 Å². The van der Waals surface area contributed by atoms with E-state index < -0.39 is 0 Å². The Morgan fingerprint density at radius 2 is 2.11 bits per heavy atom. The molecule has 9 nitrogen and oxygen atoms in total. The molecule has 2 aliphatic rings. The van der Waals surface area contributed by atoms with E-state index >= 15 is 0 Å². The standard InChI is InChI=1S/C25H31N7O2S2/c1-2-34-23-16-26-14-21(29-23)22-15-28-25(35-22)24(33)30-19(8-12-32-10-3-4-11-32)20-13-17(7-9-27-20)31-36-18-5-6-18/h7,9,13-16,18-19H,2-6,8,10-12H2,1H3,(H,27,31)(H,30,33)/t19-/m0/s1. The normalized spacial score (nSPS) is 16.6. The van der Waals surface area contributed by atoms with Gasteiger partial charge in [0.2, 0.25) is 5.88 Å². The van der Waals surface area contributed by atoms with Crippen LogP contribution in [0.25, 0.3) is 10.6 Å². The van der Waals surface area contributed by atoms with E-state index in [1.807, 2.05) is 25.3 Å². The van der Waals surface area contributed by atoms with Gasteiger partial charge in [-0.25, -0.2) is 9.97 Å². The van der Waals surface area contributed by atoms with E-state index in [4.69, 9.17) is 4.74 Å². The Morgan fingerprint density at radius 3 is 2.92 bits per heavy atom. The van der Waals surface area contributed by atoms with Gasteiger partial charge in [-0.1, -0.05) is 0 Å². The second kappa shape index (κ2) is 12.0. The molecule has 0 spiro atoms. The lowest BCUT2D eigenvalue weighted by atomic mass is 10.1. The molecule has 0 aromatic carbocycles. The first-order valence-electron chi connectivity index (χ1n) is 12.5. The summed E-state index contributed by atoms with van der Waals surface area (Å²) in [5, 5.41) is 4.29. The third-order valence-corrected chi connectivity index (χ3v) is 8.28. The Balaban J connectivity index is 1.30. The molecule has 1 saturated heterocycles. The maximum Gasteiger partial charge on any atom is 0.280 e. The number of anilines is 1. The Hall–Kier alpha value is -2.76. The number of hydrogen-bond acceptors (Lipinski definition) is 10. The Labute approximate surface area is 219 Å². The fourth-order valence-electron chi connectivity index (χ4n) is 4.05. The third-order valence-electron chi connectivity index (χ3n) is 6.10. The molecule has 5 rings (SSSR count). The summed E-state index contributed by atoms with van der Waals surface area (Å²) in [6, 6.07) is 3.81. The number of nitrogens with one attached hydrogen (secondary N) is 2. The molecule has 4 heterocycles. The van der Waals surface area contributed by atoms with Crippen LogP contribution in [0.3, 0.4) is 0 Å². The van der Waals surface area contributed by atoms with Crippen molar-refractivity contribution in [2.45, 2.75) is 50.3 Å². The van der Waals surface area contributed by atoms with E-state index in [2.05, 4.69) is 34.9 Å². The Bertz CT molecular complexity index is 1160. The smallest absolute Gasteiger partial charge is 0.280 e. The number of nitrogens with zero attached hydrogens (tertiary/aromatic N) is 5. The molecule has 1 aliphatic carbocycles. The van der Waals surface area contributed by atoms with Gasteiger partial charge in [0, 0.05) is 29.9 Å². The second-order valence-electron chi connectivity index (χ2n) is 8.96. The van der Waals surface area contributed by atoms with Gasteiger partial charge in [-0.3, -0.25) is 14.8 Å². The van der Waals surface area contributed by atoms with Gasteiger partial charge in [-0.2, -0.15) is 0 Å². The molecule has 2 N–H and O–H groups in total. The minimum Gasteiger partial charge on any atom is -0.477 e. The SMILES string of the molecule is CCOc1cncc(-c2cnc(C(=O)N[C@@H](CCN3CCCC3)c3cc(NSC4CC4)ccn3)s2)n1. The van der Waals surface area contributed by atoms with E-state index in [0.29, 0.717) is 28.4 Å². The zero-order chi connectivity index (χ0) is 24.7. The van der Waals surface area contributed by atoms with Crippen LogP contribution in [0.2, 0.25) is 0 Å². The molecule has 3 aromatic heterocycles. The molecule has 190 valence electrons. The van der Waals surface area contributed by atoms with Crippen molar-refractivity contribution in [3.05, 3.63) is 47.6 Å². The van der Waals surface area contributed by atoms with E-state index in [1.165, 1.54) is 37.0 Å². The number of thiazole rings is 1. The molecule has 1 amide bonds. The summed E-state index contributed by atoms with van der Waals surface area (Å²) in [4.78, 5) is 34.1. The first kappa shape index (κ1) is 24.9. The van der Waals surface area contributed by atoms with Gasteiger partial charge >= 0.3 is 0 Å². The molecule has 3 aromatic rings. The molecule has 0 unspecified atom stereocenters. The maximum atomic E-state index is 13.3. The molecule has 1 atom stereocenters. The molecule has 2 fully saturated rings. The van der Waals surface area contributed by atoms with Gasteiger partial charge in [-0.05, 0) is 76.2 Å². The molecule has 1 saturated carbocycles. The Morgan fingerprint density at radius 1 is 1.25 bits per heavy atom. The first-order chi connectivity index (χ1) is 17.7. The van der Waals surface area contributed by atoms with Crippen LogP contribution in [0.5, 0.6) is 5.88 Å². The second-order valence-corrected chi connectivity index (χ2v) is 11.1. The fourth-order valence-corrected chi connectivity index (χ4v) is 5.63. The quantitative estimate of drug-likeness (QED) is 0.329. The van der Waals surface area contributed by atoms with E-state index in [9.17, 15) is 4.79 Å². The number of ether oxygens (including phenoxy) is 1. The van der Waals surface area contributed by atoms with Gasteiger partial charge in [0.15, 0.2) is 5.01 Å². The van der Waals surface area contributed by atoms with Crippen LogP contribution in [0.1, 0.15) is 60.6 Å². The van der Waals surface area contributed by atoms with Crippen LogP contribution < -0.4 is 14.8 Å². The number of likely N-dealkylation sites (tertiary alicyclic amines) is 1. The van der Waals surface area contributed by atoms with Crippen LogP contribution in [-0.2, 0) is 0 Å². The van der Waals surface area contributed by atoms with Gasteiger partial charge in [0.05, 0.1) is 35.6 Å². The first-order valence-corrected chi connectivity index (χ1v) is 14.2. The number of hydrogen-bond donors (Lipinski definition) is 2. The van der Waals surface area contributed by atoms with Crippen LogP contribution in [0.4, 0.5) is 5.69 Å². The lowest BCUT2D eigenvalue weighted by molar-refractivity contribution is 0.0930. The van der Waals surface area contributed by atoms with E-state index in [1.54, 1.807) is 30.5 Å². The number of carbonyl (C=O) groups is 1. The summed E-state index contributed by atoms with van der Waals surface area (Å²) in [7, 11) is 0.